The molecule has 3 aromatic rings. The lowest BCUT2D eigenvalue weighted by Gasteiger charge is -2.27. The number of ether oxygens (including phenoxy) is 1. The SMILES string of the molecule is CC(O)C(c1ccccc1)c1cccc(-c2cncc(OC[C@@H]3CCN3)c2)c1. The van der Waals surface area contributed by atoms with E-state index in [0.717, 1.165) is 41.0 Å². The van der Waals surface area contributed by atoms with E-state index in [1.54, 1.807) is 6.20 Å². The van der Waals surface area contributed by atoms with Crippen LogP contribution in [0.3, 0.4) is 0 Å². The van der Waals surface area contributed by atoms with Crippen molar-refractivity contribution >= 4 is 0 Å². The van der Waals surface area contributed by atoms with Gasteiger partial charge in [-0.1, -0.05) is 54.6 Å². The first-order valence-corrected chi connectivity index (χ1v) is 9.85. The topological polar surface area (TPSA) is 54.4 Å². The van der Waals surface area contributed by atoms with Crippen LogP contribution in [0.1, 0.15) is 30.4 Å². The van der Waals surface area contributed by atoms with Gasteiger partial charge in [0.2, 0.25) is 0 Å². The third kappa shape index (κ3) is 4.24. The molecule has 0 amide bonds. The summed E-state index contributed by atoms with van der Waals surface area (Å²) in [7, 11) is 0. The summed E-state index contributed by atoms with van der Waals surface area (Å²) in [6, 6.07) is 20.9. The molecule has 2 aromatic carbocycles. The summed E-state index contributed by atoms with van der Waals surface area (Å²) in [5, 5.41) is 13.8. The lowest BCUT2D eigenvalue weighted by atomic mass is 9.86. The first-order chi connectivity index (χ1) is 13.7. The Kier molecular flexibility index (Phi) is 5.70. The van der Waals surface area contributed by atoms with Crippen LogP contribution in [0.25, 0.3) is 11.1 Å². The molecule has 0 aliphatic carbocycles. The summed E-state index contributed by atoms with van der Waals surface area (Å²) in [5.74, 6) is 0.713. The summed E-state index contributed by atoms with van der Waals surface area (Å²) < 4.78 is 5.89. The summed E-state index contributed by atoms with van der Waals surface area (Å²) in [6.45, 7) is 3.59. The van der Waals surface area contributed by atoms with E-state index in [9.17, 15) is 5.11 Å². The van der Waals surface area contributed by atoms with Gasteiger partial charge in [-0.25, -0.2) is 0 Å². The molecule has 4 heteroatoms. The Morgan fingerprint density at radius 2 is 1.82 bits per heavy atom. The number of aliphatic hydroxyl groups excluding tert-OH is 1. The van der Waals surface area contributed by atoms with Crippen molar-refractivity contribution in [3.05, 3.63) is 84.2 Å². The summed E-state index contributed by atoms with van der Waals surface area (Å²) >= 11 is 0. The number of rotatable bonds is 7. The summed E-state index contributed by atoms with van der Waals surface area (Å²) in [4.78, 5) is 4.36. The van der Waals surface area contributed by atoms with E-state index in [2.05, 4.69) is 40.6 Å². The number of nitrogens with one attached hydrogen (secondary N) is 1. The Bertz CT molecular complexity index is 907. The third-order valence-electron chi connectivity index (χ3n) is 5.31. The highest BCUT2D eigenvalue weighted by molar-refractivity contribution is 5.65. The Balaban J connectivity index is 1.59. The molecule has 4 nitrogen and oxygen atoms in total. The lowest BCUT2D eigenvalue weighted by Crippen LogP contribution is -2.46. The number of aliphatic hydroxyl groups is 1. The van der Waals surface area contributed by atoms with Gasteiger partial charge in [-0.05, 0) is 42.6 Å². The molecule has 0 spiro atoms. The maximum Gasteiger partial charge on any atom is 0.138 e. The number of benzene rings is 2. The second-order valence-electron chi connectivity index (χ2n) is 7.41. The smallest absolute Gasteiger partial charge is 0.138 e. The summed E-state index contributed by atoms with van der Waals surface area (Å²) in [6.07, 6.45) is 4.29. The van der Waals surface area contributed by atoms with Crippen LogP contribution in [0.15, 0.2) is 73.1 Å². The van der Waals surface area contributed by atoms with E-state index >= 15 is 0 Å². The van der Waals surface area contributed by atoms with Crippen LogP contribution in [0.5, 0.6) is 5.75 Å². The number of pyridine rings is 1. The average Bonchev–Trinajstić information content (AvgIpc) is 2.68. The van der Waals surface area contributed by atoms with Crippen molar-refractivity contribution in [2.45, 2.75) is 31.4 Å². The fraction of sp³-hybridized carbons (Fsp3) is 0.292. The predicted octanol–water partition coefficient (Wildman–Crippen LogP) is 4.00. The average molecular weight is 374 g/mol. The second kappa shape index (κ2) is 8.55. The van der Waals surface area contributed by atoms with Gasteiger partial charge < -0.3 is 15.2 Å². The molecule has 28 heavy (non-hydrogen) atoms. The fourth-order valence-electron chi connectivity index (χ4n) is 3.66. The quantitative estimate of drug-likeness (QED) is 0.656. The molecule has 2 N–H and O–H groups in total. The predicted molar refractivity (Wildman–Crippen MR) is 112 cm³/mol. The molecule has 0 radical (unpaired) electrons. The highest BCUT2D eigenvalue weighted by atomic mass is 16.5. The monoisotopic (exact) mass is 374 g/mol. The molecular weight excluding hydrogens is 348 g/mol. The Morgan fingerprint density at radius 3 is 2.54 bits per heavy atom. The molecule has 1 aliphatic rings. The van der Waals surface area contributed by atoms with Gasteiger partial charge in [-0.3, -0.25) is 4.98 Å². The van der Waals surface area contributed by atoms with Crippen molar-refractivity contribution in [2.75, 3.05) is 13.2 Å². The summed E-state index contributed by atoms with van der Waals surface area (Å²) in [5.41, 5.74) is 4.28. The van der Waals surface area contributed by atoms with Gasteiger partial charge >= 0.3 is 0 Å². The van der Waals surface area contributed by atoms with E-state index in [1.165, 1.54) is 0 Å². The van der Waals surface area contributed by atoms with Crippen molar-refractivity contribution in [2.24, 2.45) is 0 Å². The van der Waals surface area contributed by atoms with Gasteiger partial charge in [0, 0.05) is 23.7 Å². The van der Waals surface area contributed by atoms with Crippen molar-refractivity contribution in [3.63, 3.8) is 0 Å². The zero-order valence-electron chi connectivity index (χ0n) is 16.1. The van der Waals surface area contributed by atoms with E-state index < -0.39 is 6.10 Å². The second-order valence-corrected chi connectivity index (χ2v) is 7.41. The lowest BCUT2D eigenvalue weighted by molar-refractivity contribution is 0.176. The highest BCUT2D eigenvalue weighted by Crippen LogP contribution is 2.31. The van der Waals surface area contributed by atoms with Gasteiger partial charge in [-0.2, -0.15) is 0 Å². The largest absolute Gasteiger partial charge is 0.490 e. The Hall–Kier alpha value is -2.69. The number of hydrogen-bond acceptors (Lipinski definition) is 4. The van der Waals surface area contributed by atoms with Gasteiger partial charge in [0.25, 0.3) is 0 Å². The minimum atomic E-state index is -0.486. The normalized spacial score (nSPS) is 18.1. The van der Waals surface area contributed by atoms with Crippen LogP contribution in [-0.2, 0) is 0 Å². The Morgan fingerprint density at radius 1 is 1.04 bits per heavy atom. The number of hydrogen-bond donors (Lipinski definition) is 2. The van der Waals surface area contributed by atoms with E-state index in [4.69, 9.17) is 4.74 Å². The zero-order chi connectivity index (χ0) is 19.3. The number of nitrogens with zero attached hydrogens (tertiary/aromatic N) is 1. The van der Waals surface area contributed by atoms with E-state index in [0.29, 0.717) is 12.6 Å². The molecule has 2 unspecified atom stereocenters. The molecule has 1 fully saturated rings. The van der Waals surface area contributed by atoms with Crippen LogP contribution < -0.4 is 10.1 Å². The maximum atomic E-state index is 10.4. The molecule has 1 saturated heterocycles. The van der Waals surface area contributed by atoms with Crippen molar-refractivity contribution in [1.82, 2.24) is 10.3 Å². The molecule has 144 valence electrons. The number of aromatic nitrogens is 1. The van der Waals surface area contributed by atoms with Crippen LogP contribution in [0.2, 0.25) is 0 Å². The van der Waals surface area contributed by atoms with E-state index in [1.807, 2.05) is 43.5 Å². The van der Waals surface area contributed by atoms with Crippen molar-refractivity contribution < 1.29 is 9.84 Å². The molecule has 4 rings (SSSR count). The van der Waals surface area contributed by atoms with Crippen molar-refractivity contribution in [1.29, 1.82) is 0 Å². The first-order valence-electron chi connectivity index (χ1n) is 9.85. The standard InChI is InChI=1S/C24H26N2O2/c1-17(27)24(18-6-3-2-4-7-18)20-9-5-8-19(12-20)21-13-23(15-25-14-21)28-16-22-10-11-26-22/h2-9,12-15,17,22,24,26-27H,10-11,16H2,1H3/t17?,22-,24?/m0/s1. The molecule has 0 saturated carbocycles. The van der Waals surface area contributed by atoms with E-state index in [-0.39, 0.29) is 5.92 Å². The van der Waals surface area contributed by atoms with Gasteiger partial charge in [0.05, 0.1) is 12.3 Å². The first kappa shape index (κ1) is 18.7. The molecule has 3 atom stereocenters. The highest BCUT2D eigenvalue weighted by Gasteiger charge is 2.20. The Labute approximate surface area is 166 Å². The molecule has 1 aromatic heterocycles. The van der Waals surface area contributed by atoms with Gasteiger partial charge in [-0.15, -0.1) is 0 Å². The van der Waals surface area contributed by atoms with Crippen LogP contribution in [0, 0.1) is 0 Å². The molecule has 0 bridgehead atoms. The maximum absolute atomic E-state index is 10.4. The van der Waals surface area contributed by atoms with Gasteiger partial charge in [0.1, 0.15) is 12.4 Å². The third-order valence-corrected chi connectivity index (χ3v) is 5.31. The zero-order valence-corrected chi connectivity index (χ0v) is 16.1. The minimum absolute atomic E-state index is 0.0711. The fourth-order valence-corrected chi connectivity index (χ4v) is 3.66. The molecule has 1 aliphatic heterocycles. The minimum Gasteiger partial charge on any atom is -0.490 e. The van der Waals surface area contributed by atoms with Crippen LogP contribution in [-0.4, -0.2) is 35.4 Å². The molecular formula is C24H26N2O2. The van der Waals surface area contributed by atoms with Crippen molar-refractivity contribution in [3.8, 4) is 16.9 Å². The van der Waals surface area contributed by atoms with Gasteiger partial charge in [0.15, 0.2) is 0 Å². The van der Waals surface area contributed by atoms with Crippen LogP contribution >= 0.6 is 0 Å². The van der Waals surface area contributed by atoms with Crippen LogP contribution in [0.4, 0.5) is 0 Å². The molecule has 2 heterocycles.